The molecule has 0 aliphatic carbocycles. The number of aromatic nitrogens is 3. The van der Waals surface area contributed by atoms with Gasteiger partial charge in [0.2, 0.25) is 0 Å². The summed E-state index contributed by atoms with van der Waals surface area (Å²) in [4.78, 5) is 0. The maximum Gasteiger partial charge on any atom is 0.136 e. The average molecular weight is 255 g/mol. The molecule has 2 aromatic carbocycles. The fourth-order valence-electron chi connectivity index (χ4n) is 1.89. The van der Waals surface area contributed by atoms with Crippen LogP contribution in [0.1, 0.15) is 0 Å². The molecule has 0 unspecified atom stereocenters. The Bertz CT molecular complexity index is 710. The summed E-state index contributed by atoms with van der Waals surface area (Å²) < 4.78 is 15.4. The first-order chi connectivity index (χ1) is 9.25. The Morgan fingerprint density at radius 2 is 1.84 bits per heavy atom. The fraction of sp³-hybridized carbons (Fsp3) is 0. The van der Waals surface area contributed by atoms with Gasteiger partial charge in [0, 0.05) is 11.6 Å². The average Bonchev–Trinajstić information content (AvgIpc) is 2.89. The summed E-state index contributed by atoms with van der Waals surface area (Å²) in [7, 11) is 0. The monoisotopic (exact) mass is 255 g/mol. The van der Waals surface area contributed by atoms with Crippen LogP contribution in [0.2, 0.25) is 0 Å². The minimum absolute atomic E-state index is 0.111. The molecule has 1 heterocycles. The lowest BCUT2D eigenvalue weighted by Crippen LogP contribution is -1.99. The van der Waals surface area contributed by atoms with E-state index in [4.69, 9.17) is 0 Å². The Morgan fingerprint density at radius 3 is 2.58 bits per heavy atom. The number of para-hydroxylation sites is 1. The van der Waals surface area contributed by atoms with Gasteiger partial charge in [0.05, 0.1) is 17.6 Å². The number of phenolic OH excluding ortho intramolecular Hbond substituents is 1. The van der Waals surface area contributed by atoms with Crippen LogP contribution in [0.5, 0.6) is 5.75 Å². The zero-order chi connectivity index (χ0) is 13.2. The van der Waals surface area contributed by atoms with Crippen LogP contribution in [-0.2, 0) is 0 Å². The van der Waals surface area contributed by atoms with Gasteiger partial charge < -0.3 is 5.11 Å². The van der Waals surface area contributed by atoms with E-state index < -0.39 is 5.82 Å². The number of benzene rings is 2. The van der Waals surface area contributed by atoms with E-state index in [0.717, 1.165) is 11.8 Å². The predicted octanol–water partition coefficient (Wildman–Crippen LogP) is 2.78. The zero-order valence-corrected chi connectivity index (χ0v) is 9.86. The van der Waals surface area contributed by atoms with E-state index in [1.807, 2.05) is 30.3 Å². The van der Waals surface area contributed by atoms with Crippen molar-refractivity contribution in [3.63, 3.8) is 0 Å². The lowest BCUT2D eigenvalue weighted by atomic mass is 10.1. The number of aromatic hydroxyl groups is 1. The number of hydrogen-bond donors (Lipinski definition) is 1. The zero-order valence-electron chi connectivity index (χ0n) is 9.86. The maximum absolute atomic E-state index is 13.9. The molecule has 1 N–H and O–H groups in total. The molecule has 5 heteroatoms. The van der Waals surface area contributed by atoms with Crippen LogP contribution in [-0.4, -0.2) is 20.1 Å². The molecular formula is C14H10FN3O. The predicted molar refractivity (Wildman–Crippen MR) is 68.4 cm³/mol. The molecule has 3 aromatic rings. The van der Waals surface area contributed by atoms with Gasteiger partial charge >= 0.3 is 0 Å². The minimum atomic E-state index is -0.514. The number of phenols is 1. The first kappa shape index (κ1) is 11.4. The molecule has 0 radical (unpaired) electrons. The van der Waals surface area contributed by atoms with Gasteiger partial charge in [0.15, 0.2) is 0 Å². The van der Waals surface area contributed by atoms with Gasteiger partial charge in [-0.2, -0.15) is 0 Å². The molecule has 0 saturated heterocycles. The highest BCUT2D eigenvalue weighted by Crippen LogP contribution is 2.26. The van der Waals surface area contributed by atoms with Gasteiger partial charge in [0.1, 0.15) is 11.6 Å². The second-order valence-electron chi connectivity index (χ2n) is 4.03. The van der Waals surface area contributed by atoms with Crippen LogP contribution in [0.25, 0.3) is 16.9 Å². The second kappa shape index (κ2) is 4.53. The molecular weight excluding hydrogens is 245 g/mol. The van der Waals surface area contributed by atoms with E-state index in [-0.39, 0.29) is 5.75 Å². The van der Waals surface area contributed by atoms with Gasteiger partial charge in [-0.05, 0) is 24.3 Å². The molecule has 0 aliphatic rings. The van der Waals surface area contributed by atoms with Crippen molar-refractivity contribution in [3.05, 3.63) is 60.5 Å². The Morgan fingerprint density at radius 1 is 1.05 bits per heavy atom. The van der Waals surface area contributed by atoms with Crippen molar-refractivity contribution in [1.82, 2.24) is 15.0 Å². The minimum Gasteiger partial charge on any atom is -0.508 e. The number of rotatable bonds is 2. The lowest BCUT2D eigenvalue weighted by Gasteiger charge is -2.07. The van der Waals surface area contributed by atoms with E-state index in [1.54, 1.807) is 4.68 Å². The van der Waals surface area contributed by atoms with Gasteiger partial charge in [-0.25, -0.2) is 9.07 Å². The molecule has 1 aromatic heterocycles. The van der Waals surface area contributed by atoms with E-state index >= 15 is 0 Å². The Labute approximate surface area is 108 Å². The molecule has 94 valence electrons. The number of hydrogen-bond acceptors (Lipinski definition) is 3. The van der Waals surface area contributed by atoms with Crippen LogP contribution >= 0.6 is 0 Å². The largest absolute Gasteiger partial charge is 0.508 e. The molecule has 19 heavy (non-hydrogen) atoms. The first-order valence-corrected chi connectivity index (χ1v) is 5.71. The fourth-order valence-corrected chi connectivity index (χ4v) is 1.89. The Kier molecular flexibility index (Phi) is 2.72. The van der Waals surface area contributed by atoms with E-state index in [0.29, 0.717) is 11.3 Å². The lowest BCUT2D eigenvalue weighted by molar-refractivity contribution is 0.469. The highest BCUT2D eigenvalue weighted by atomic mass is 19.1. The van der Waals surface area contributed by atoms with Crippen molar-refractivity contribution in [3.8, 4) is 22.7 Å². The highest BCUT2D eigenvalue weighted by Gasteiger charge is 2.13. The summed E-state index contributed by atoms with van der Waals surface area (Å²) in [6.07, 6.45) is 1.49. The van der Waals surface area contributed by atoms with Gasteiger partial charge in [-0.15, -0.1) is 5.10 Å². The third-order valence-electron chi connectivity index (χ3n) is 2.78. The summed E-state index contributed by atoms with van der Waals surface area (Å²) in [5, 5.41) is 17.0. The molecule has 0 saturated carbocycles. The Hall–Kier alpha value is -2.69. The number of nitrogens with zero attached hydrogens (tertiary/aromatic N) is 3. The molecule has 0 atom stereocenters. The van der Waals surface area contributed by atoms with Crippen molar-refractivity contribution < 1.29 is 9.50 Å². The summed E-state index contributed by atoms with van der Waals surface area (Å²) in [5.41, 5.74) is 1.66. The highest BCUT2D eigenvalue weighted by molar-refractivity contribution is 5.62. The molecule has 0 amide bonds. The molecule has 4 nitrogen and oxygen atoms in total. The van der Waals surface area contributed by atoms with Crippen molar-refractivity contribution in [2.24, 2.45) is 0 Å². The summed E-state index contributed by atoms with van der Waals surface area (Å²) in [6.45, 7) is 0. The van der Waals surface area contributed by atoms with Crippen molar-refractivity contribution in [2.75, 3.05) is 0 Å². The van der Waals surface area contributed by atoms with Crippen LogP contribution in [0, 0.1) is 5.82 Å². The molecule has 0 aliphatic heterocycles. The van der Waals surface area contributed by atoms with Crippen molar-refractivity contribution >= 4 is 0 Å². The quantitative estimate of drug-likeness (QED) is 0.766. The molecule has 0 spiro atoms. The van der Waals surface area contributed by atoms with E-state index in [1.165, 1.54) is 18.3 Å². The van der Waals surface area contributed by atoms with Crippen LogP contribution in [0.15, 0.2) is 54.7 Å². The van der Waals surface area contributed by atoms with Crippen molar-refractivity contribution in [1.29, 1.82) is 0 Å². The van der Waals surface area contributed by atoms with Gasteiger partial charge in [-0.3, -0.25) is 0 Å². The summed E-state index contributed by atoms with van der Waals surface area (Å²) in [5.74, 6) is -0.625. The van der Waals surface area contributed by atoms with E-state index in [2.05, 4.69) is 10.3 Å². The maximum atomic E-state index is 13.9. The van der Waals surface area contributed by atoms with Crippen molar-refractivity contribution in [2.45, 2.75) is 0 Å². The van der Waals surface area contributed by atoms with Crippen LogP contribution in [0.3, 0.4) is 0 Å². The topological polar surface area (TPSA) is 50.9 Å². The SMILES string of the molecule is Oc1ccc(-c2cnnn2-c2ccccc2)c(F)c1. The standard InChI is InChI=1S/C14H10FN3O/c15-13-8-11(19)6-7-12(13)14-9-16-17-18(14)10-4-2-1-3-5-10/h1-9,19H. The Balaban J connectivity index is 2.15. The summed E-state index contributed by atoms with van der Waals surface area (Å²) >= 11 is 0. The van der Waals surface area contributed by atoms with E-state index in [9.17, 15) is 9.50 Å². The third-order valence-corrected chi connectivity index (χ3v) is 2.78. The van der Waals surface area contributed by atoms with Crippen LogP contribution < -0.4 is 0 Å². The second-order valence-corrected chi connectivity index (χ2v) is 4.03. The normalized spacial score (nSPS) is 10.6. The van der Waals surface area contributed by atoms with Crippen LogP contribution in [0.4, 0.5) is 4.39 Å². The molecule has 3 rings (SSSR count). The smallest absolute Gasteiger partial charge is 0.136 e. The molecule has 0 fully saturated rings. The van der Waals surface area contributed by atoms with Gasteiger partial charge in [-0.1, -0.05) is 23.4 Å². The van der Waals surface area contributed by atoms with Gasteiger partial charge in [0.25, 0.3) is 0 Å². The summed E-state index contributed by atoms with van der Waals surface area (Å²) in [6, 6.07) is 13.3. The third kappa shape index (κ3) is 2.06. The molecule has 0 bridgehead atoms. The number of halogens is 1. The first-order valence-electron chi connectivity index (χ1n) is 5.71.